The predicted octanol–water partition coefficient (Wildman–Crippen LogP) is 3.66. The van der Waals surface area contributed by atoms with Gasteiger partial charge in [0, 0.05) is 42.7 Å². The lowest BCUT2D eigenvalue weighted by Gasteiger charge is -2.36. The lowest BCUT2D eigenvalue weighted by Crippen LogP contribution is -2.48. The van der Waals surface area contributed by atoms with E-state index in [1.54, 1.807) is 30.4 Å². The van der Waals surface area contributed by atoms with Crippen molar-refractivity contribution in [2.75, 3.05) is 25.5 Å². The average molecular weight is 414 g/mol. The summed E-state index contributed by atoms with van der Waals surface area (Å²) in [7, 11) is 1.78. The van der Waals surface area contributed by atoms with Gasteiger partial charge < -0.3 is 9.80 Å². The molecule has 1 aliphatic carbocycles. The van der Waals surface area contributed by atoms with E-state index in [1.165, 1.54) is 0 Å². The molecule has 2 fully saturated rings. The summed E-state index contributed by atoms with van der Waals surface area (Å²) in [6.07, 6.45) is 6.79. The van der Waals surface area contributed by atoms with Crippen LogP contribution >= 0.6 is 11.6 Å². The Hall–Kier alpha value is -2.67. The number of piperidine rings is 1. The van der Waals surface area contributed by atoms with Crippen LogP contribution in [0.1, 0.15) is 25.7 Å². The van der Waals surface area contributed by atoms with E-state index < -0.39 is 0 Å². The molecule has 1 saturated heterocycles. The van der Waals surface area contributed by atoms with Crippen molar-refractivity contribution in [3.05, 3.63) is 41.7 Å². The molecule has 7 nitrogen and oxygen atoms in total. The molecule has 0 bridgehead atoms. The van der Waals surface area contributed by atoms with Gasteiger partial charge in [-0.25, -0.2) is 9.78 Å². The number of nitrogens with zero attached hydrogens (tertiary/aromatic N) is 4. The van der Waals surface area contributed by atoms with Crippen LogP contribution in [0.3, 0.4) is 0 Å². The van der Waals surface area contributed by atoms with Crippen LogP contribution in [-0.2, 0) is 4.79 Å². The normalized spacial score (nSPS) is 17.1. The highest BCUT2D eigenvalue weighted by Crippen LogP contribution is 2.32. The lowest BCUT2D eigenvalue weighted by molar-refractivity contribution is -0.133. The number of carbonyl (C=O) groups excluding carboxylic acids is 2. The van der Waals surface area contributed by atoms with Crippen LogP contribution < -0.4 is 5.32 Å². The maximum absolute atomic E-state index is 12.6. The number of nitrogens with one attached hydrogen (secondary N) is 1. The molecular formula is C21H24ClN5O2. The zero-order valence-corrected chi connectivity index (χ0v) is 17.1. The minimum atomic E-state index is -0.221. The minimum absolute atomic E-state index is 0.108. The smallest absolute Gasteiger partial charge is 0.323 e. The molecule has 8 heteroatoms. The monoisotopic (exact) mass is 413 g/mol. The Balaban J connectivity index is 1.31. The Morgan fingerprint density at radius 3 is 2.52 bits per heavy atom. The molecule has 29 heavy (non-hydrogen) atoms. The van der Waals surface area contributed by atoms with Gasteiger partial charge in [-0.1, -0.05) is 23.7 Å². The van der Waals surface area contributed by atoms with Crippen molar-refractivity contribution in [3.8, 4) is 11.3 Å². The lowest BCUT2D eigenvalue weighted by atomic mass is 10.0. The number of rotatable bonds is 4. The number of anilines is 1. The average Bonchev–Trinajstić information content (AvgIpc) is 3.59. The fourth-order valence-electron chi connectivity index (χ4n) is 3.62. The van der Waals surface area contributed by atoms with E-state index in [2.05, 4.69) is 15.3 Å². The molecule has 0 radical (unpaired) electrons. The molecule has 2 aromatic rings. The molecule has 2 aliphatic rings. The Bertz CT molecular complexity index is 892. The third-order valence-electron chi connectivity index (χ3n) is 5.58. The van der Waals surface area contributed by atoms with Crippen LogP contribution in [0.25, 0.3) is 11.3 Å². The highest BCUT2D eigenvalue weighted by molar-refractivity contribution is 6.30. The van der Waals surface area contributed by atoms with E-state index in [-0.39, 0.29) is 23.9 Å². The third kappa shape index (κ3) is 4.67. The highest BCUT2D eigenvalue weighted by Gasteiger charge is 2.35. The minimum Gasteiger partial charge on any atom is -0.342 e. The largest absolute Gasteiger partial charge is 0.342 e. The van der Waals surface area contributed by atoms with Crippen LogP contribution in [0.4, 0.5) is 10.6 Å². The molecule has 1 aromatic carbocycles. The van der Waals surface area contributed by atoms with Gasteiger partial charge in [0.15, 0.2) is 5.82 Å². The summed E-state index contributed by atoms with van der Waals surface area (Å²) in [5.74, 6) is 0.931. The summed E-state index contributed by atoms with van der Waals surface area (Å²) in [6, 6.07) is 7.27. The van der Waals surface area contributed by atoms with E-state index in [0.717, 1.165) is 31.2 Å². The van der Waals surface area contributed by atoms with Crippen LogP contribution in [0.15, 0.2) is 36.7 Å². The van der Waals surface area contributed by atoms with Crippen LogP contribution in [0.5, 0.6) is 0 Å². The summed E-state index contributed by atoms with van der Waals surface area (Å²) in [5.41, 5.74) is 1.55. The summed E-state index contributed by atoms with van der Waals surface area (Å²) < 4.78 is 0. The number of aromatic nitrogens is 2. The molecule has 0 spiro atoms. The number of likely N-dealkylation sites (tertiary alicyclic amines) is 1. The maximum Gasteiger partial charge on any atom is 0.323 e. The molecule has 0 unspecified atom stereocenters. The highest BCUT2D eigenvalue weighted by atomic mass is 35.5. The molecule has 3 amide bonds. The van der Waals surface area contributed by atoms with E-state index in [0.29, 0.717) is 29.6 Å². The van der Waals surface area contributed by atoms with Gasteiger partial charge in [-0.3, -0.25) is 15.1 Å². The Morgan fingerprint density at radius 2 is 1.90 bits per heavy atom. The topological polar surface area (TPSA) is 78.4 Å². The fraction of sp³-hybridized carbons (Fsp3) is 0.429. The van der Waals surface area contributed by atoms with Crippen molar-refractivity contribution in [1.29, 1.82) is 0 Å². The first-order valence-electron chi connectivity index (χ1n) is 9.92. The number of carbonyl (C=O) groups is 2. The van der Waals surface area contributed by atoms with Gasteiger partial charge in [-0.05, 0) is 37.8 Å². The molecule has 1 aromatic heterocycles. The molecule has 152 valence electrons. The summed E-state index contributed by atoms with van der Waals surface area (Å²) in [6.45, 7) is 1.43. The second-order valence-corrected chi connectivity index (χ2v) is 8.11. The van der Waals surface area contributed by atoms with Crippen LogP contribution in [0.2, 0.25) is 5.02 Å². The quantitative estimate of drug-likeness (QED) is 0.829. The summed E-state index contributed by atoms with van der Waals surface area (Å²) in [4.78, 5) is 37.1. The van der Waals surface area contributed by atoms with Crippen molar-refractivity contribution >= 4 is 29.4 Å². The van der Waals surface area contributed by atoms with Crippen LogP contribution in [-0.4, -0.2) is 57.9 Å². The zero-order chi connectivity index (χ0) is 20.4. The summed E-state index contributed by atoms with van der Waals surface area (Å²) in [5, 5.41) is 3.43. The van der Waals surface area contributed by atoms with Crippen molar-refractivity contribution in [2.45, 2.75) is 31.7 Å². The Labute approximate surface area is 175 Å². The predicted molar refractivity (Wildman–Crippen MR) is 112 cm³/mol. The number of hydrogen-bond acceptors (Lipinski definition) is 4. The van der Waals surface area contributed by atoms with E-state index in [1.807, 2.05) is 23.1 Å². The first-order valence-corrected chi connectivity index (χ1v) is 10.3. The van der Waals surface area contributed by atoms with Gasteiger partial charge in [0.25, 0.3) is 0 Å². The summed E-state index contributed by atoms with van der Waals surface area (Å²) >= 11 is 6.02. The maximum atomic E-state index is 12.6. The van der Waals surface area contributed by atoms with E-state index in [9.17, 15) is 9.59 Å². The standard InChI is InChI=1S/C21H24ClN5O2/c1-26(17-7-9-27(10-8-17)20(28)14-5-6-14)21(29)25-19-13-23-18(12-24-19)15-3-2-4-16(22)11-15/h2-4,11-14,17H,5-10H2,1H3,(H,24,25,29). The molecular weight excluding hydrogens is 390 g/mol. The Morgan fingerprint density at radius 1 is 1.14 bits per heavy atom. The van der Waals surface area contributed by atoms with Crippen molar-refractivity contribution in [1.82, 2.24) is 19.8 Å². The van der Waals surface area contributed by atoms with E-state index in [4.69, 9.17) is 11.6 Å². The van der Waals surface area contributed by atoms with Crippen molar-refractivity contribution < 1.29 is 9.59 Å². The number of hydrogen-bond donors (Lipinski definition) is 1. The van der Waals surface area contributed by atoms with Gasteiger partial charge in [0.1, 0.15) is 0 Å². The molecule has 0 atom stereocenters. The molecule has 2 heterocycles. The van der Waals surface area contributed by atoms with Crippen molar-refractivity contribution in [2.24, 2.45) is 5.92 Å². The van der Waals surface area contributed by atoms with E-state index >= 15 is 0 Å². The molecule has 4 rings (SSSR count). The second-order valence-electron chi connectivity index (χ2n) is 7.67. The third-order valence-corrected chi connectivity index (χ3v) is 5.81. The molecule has 1 N–H and O–H groups in total. The number of amides is 3. The fourth-order valence-corrected chi connectivity index (χ4v) is 3.81. The van der Waals surface area contributed by atoms with Crippen LogP contribution in [0, 0.1) is 5.92 Å². The first-order chi connectivity index (χ1) is 14.0. The number of benzene rings is 1. The van der Waals surface area contributed by atoms with Gasteiger partial charge in [-0.15, -0.1) is 0 Å². The molecule has 1 aliphatic heterocycles. The van der Waals surface area contributed by atoms with Crippen molar-refractivity contribution in [3.63, 3.8) is 0 Å². The number of halogens is 1. The molecule has 1 saturated carbocycles. The number of urea groups is 1. The first kappa shape index (κ1) is 19.6. The van der Waals surface area contributed by atoms with Gasteiger partial charge in [0.2, 0.25) is 5.91 Å². The van der Waals surface area contributed by atoms with Gasteiger partial charge in [0.05, 0.1) is 18.1 Å². The zero-order valence-electron chi connectivity index (χ0n) is 16.3. The van der Waals surface area contributed by atoms with Gasteiger partial charge in [-0.2, -0.15) is 0 Å². The van der Waals surface area contributed by atoms with Gasteiger partial charge >= 0.3 is 6.03 Å². The second kappa shape index (κ2) is 8.37. The Kier molecular flexibility index (Phi) is 5.67. The SMILES string of the molecule is CN(C(=O)Nc1cnc(-c2cccc(Cl)c2)cn1)C1CCN(C(=O)C2CC2)CC1.